The fourth-order valence-corrected chi connectivity index (χ4v) is 1.05. The molecular weight excluding hydrogens is 136 g/mol. The zero-order valence-electron chi connectivity index (χ0n) is 4.89. The van der Waals surface area contributed by atoms with Crippen LogP contribution >= 0.6 is 11.6 Å². The van der Waals surface area contributed by atoms with Gasteiger partial charge in [-0.2, -0.15) is 5.10 Å². The van der Waals surface area contributed by atoms with Crippen LogP contribution in [0.15, 0.2) is 6.07 Å². The van der Waals surface area contributed by atoms with Crippen LogP contribution in [0.25, 0.3) is 0 Å². The standard InChI is InChI=1S/C6H7ClN2/c7-6-3-5(8-9-6)4-1-2-4/h3-4H,1-2H2,(H,8,9). The summed E-state index contributed by atoms with van der Waals surface area (Å²) in [5, 5.41) is 7.38. The predicted molar refractivity (Wildman–Crippen MR) is 35.6 cm³/mol. The molecule has 1 N–H and O–H groups in total. The SMILES string of the molecule is Clc1cc(C2CC2)n[nH]1. The van der Waals surface area contributed by atoms with Gasteiger partial charge in [0, 0.05) is 5.92 Å². The molecule has 9 heavy (non-hydrogen) atoms. The minimum absolute atomic E-state index is 0.650. The summed E-state index contributed by atoms with van der Waals surface area (Å²) >= 11 is 5.61. The van der Waals surface area contributed by atoms with Crippen molar-refractivity contribution in [2.75, 3.05) is 0 Å². The van der Waals surface area contributed by atoms with Crippen LogP contribution in [0.5, 0.6) is 0 Å². The van der Waals surface area contributed by atoms with E-state index in [0.717, 1.165) is 5.69 Å². The van der Waals surface area contributed by atoms with Crippen molar-refractivity contribution >= 4 is 11.6 Å². The van der Waals surface area contributed by atoms with Crippen molar-refractivity contribution in [2.45, 2.75) is 18.8 Å². The number of aromatic amines is 1. The second-order valence-electron chi connectivity index (χ2n) is 2.42. The molecule has 0 spiro atoms. The van der Waals surface area contributed by atoms with E-state index in [9.17, 15) is 0 Å². The molecular formula is C6H7ClN2. The number of hydrogen-bond acceptors (Lipinski definition) is 1. The Labute approximate surface area is 58.2 Å². The molecule has 0 aliphatic heterocycles. The van der Waals surface area contributed by atoms with Crippen LogP contribution in [0.4, 0.5) is 0 Å². The topological polar surface area (TPSA) is 28.7 Å². The molecule has 0 aromatic carbocycles. The van der Waals surface area contributed by atoms with Crippen LogP contribution in [-0.4, -0.2) is 10.2 Å². The molecule has 1 heterocycles. The van der Waals surface area contributed by atoms with E-state index >= 15 is 0 Å². The molecule has 0 radical (unpaired) electrons. The summed E-state index contributed by atoms with van der Waals surface area (Å²) in [6.07, 6.45) is 2.56. The molecule has 1 aromatic heterocycles. The van der Waals surface area contributed by atoms with E-state index in [-0.39, 0.29) is 0 Å². The molecule has 0 bridgehead atoms. The van der Waals surface area contributed by atoms with Crippen molar-refractivity contribution in [2.24, 2.45) is 0 Å². The van der Waals surface area contributed by atoms with Gasteiger partial charge in [0.1, 0.15) is 5.15 Å². The third kappa shape index (κ3) is 0.944. The fourth-order valence-electron chi connectivity index (χ4n) is 0.901. The monoisotopic (exact) mass is 142 g/mol. The van der Waals surface area contributed by atoms with Crippen LogP contribution in [0.1, 0.15) is 24.5 Å². The number of aromatic nitrogens is 2. The van der Waals surface area contributed by atoms with E-state index in [1.54, 1.807) is 0 Å². The molecule has 1 aliphatic rings. The van der Waals surface area contributed by atoms with Crippen molar-refractivity contribution in [1.82, 2.24) is 10.2 Å². The van der Waals surface area contributed by atoms with Gasteiger partial charge >= 0.3 is 0 Å². The average molecular weight is 143 g/mol. The van der Waals surface area contributed by atoms with Crippen molar-refractivity contribution in [3.8, 4) is 0 Å². The van der Waals surface area contributed by atoms with Gasteiger partial charge in [0.25, 0.3) is 0 Å². The quantitative estimate of drug-likeness (QED) is 0.638. The normalized spacial score (nSPS) is 18.3. The molecule has 3 heteroatoms. The Morgan fingerprint density at radius 3 is 2.89 bits per heavy atom. The zero-order valence-corrected chi connectivity index (χ0v) is 5.65. The first-order valence-electron chi connectivity index (χ1n) is 3.07. The highest BCUT2D eigenvalue weighted by molar-refractivity contribution is 6.29. The Morgan fingerprint density at radius 2 is 2.44 bits per heavy atom. The summed E-state index contributed by atoms with van der Waals surface area (Å²) in [6, 6.07) is 1.90. The second-order valence-corrected chi connectivity index (χ2v) is 2.82. The van der Waals surface area contributed by atoms with Gasteiger partial charge < -0.3 is 0 Å². The highest BCUT2D eigenvalue weighted by Crippen LogP contribution is 2.39. The number of nitrogens with one attached hydrogen (secondary N) is 1. The van der Waals surface area contributed by atoms with Crippen LogP contribution < -0.4 is 0 Å². The Morgan fingerprint density at radius 1 is 1.67 bits per heavy atom. The summed E-state index contributed by atoms with van der Waals surface area (Å²) in [5.74, 6) is 0.703. The smallest absolute Gasteiger partial charge is 0.124 e. The number of rotatable bonds is 1. The second kappa shape index (κ2) is 1.74. The van der Waals surface area contributed by atoms with Gasteiger partial charge in [-0.05, 0) is 18.9 Å². The molecule has 2 rings (SSSR count). The summed E-state index contributed by atoms with van der Waals surface area (Å²) in [6.45, 7) is 0. The molecule has 1 aliphatic carbocycles. The molecule has 2 nitrogen and oxygen atoms in total. The highest BCUT2D eigenvalue weighted by atomic mass is 35.5. The lowest BCUT2D eigenvalue weighted by atomic mass is 10.3. The Balaban J connectivity index is 2.28. The van der Waals surface area contributed by atoms with Gasteiger partial charge in [0.2, 0.25) is 0 Å². The van der Waals surface area contributed by atoms with Gasteiger partial charge in [-0.15, -0.1) is 0 Å². The molecule has 48 valence electrons. The van der Waals surface area contributed by atoms with Gasteiger partial charge in [-0.25, -0.2) is 0 Å². The maximum atomic E-state index is 5.61. The lowest BCUT2D eigenvalue weighted by Gasteiger charge is -1.80. The number of halogens is 1. The summed E-state index contributed by atoms with van der Waals surface area (Å²) < 4.78 is 0. The summed E-state index contributed by atoms with van der Waals surface area (Å²) in [7, 11) is 0. The van der Waals surface area contributed by atoms with E-state index in [1.807, 2.05) is 6.07 Å². The maximum absolute atomic E-state index is 5.61. The van der Waals surface area contributed by atoms with Crippen LogP contribution in [0, 0.1) is 0 Å². The molecule has 1 aromatic rings. The number of nitrogens with zero attached hydrogens (tertiary/aromatic N) is 1. The fraction of sp³-hybridized carbons (Fsp3) is 0.500. The number of H-pyrrole nitrogens is 1. The van der Waals surface area contributed by atoms with Crippen molar-refractivity contribution in [3.63, 3.8) is 0 Å². The van der Waals surface area contributed by atoms with Gasteiger partial charge in [-0.3, -0.25) is 5.10 Å². The van der Waals surface area contributed by atoms with Gasteiger partial charge in [-0.1, -0.05) is 11.6 Å². The predicted octanol–water partition coefficient (Wildman–Crippen LogP) is 1.94. The van der Waals surface area contributed by atoms with Crippen molar-refractivity contribution in [3.05, 3.63) is 16.9 Å². The molecule has 1 fully saturated rings. The first-order valence-corrected chi connectivity index (χ1v) is 3.45. The van der Waals surface area contributed by atoms with Crippen molar-refractivity contribution < 1.29 is 0 Å². The first kappa shape index (κ1) is 5.30. The highest BCUT2D eigenvalue weighted by Gasteiger charge is 2.25. The Kier molecular flexibility index (Phi) is 1.02. The Hall–Kier alpha value is -0.500. The van der Waals surface area contributed by atoms with Gasteiger partial charge in [0.05, 0.1) is 5.69 Å². The molecule has 0 unspecified atom stereocenters. The summed E-state index contributed by atoms with van der Waals surface area (Å²) in [4.78, 5) is 0. The first-order chi connectivity index (χ1) is 4.36. The third-order valence-electron chi connectivity index (χ3n) is 1.56. The summed E-state index contributed by atoms with van der Waals surface area (Å²) in [5.41, 5.74) is 1.13. The van der Waals surface area contributed by atoms with Crippen LogP contribution in [-0.2, 0) is 0 Å². The zero-order chi connectivity index (χ0) is 6.27. The van der Waals surface area contributed by atoms with E-state index in [1.165, 1.54) is 12.8 Å². The minimum atomic E-state index is 0.650. The lowest BCUT2D eigenvalue weighted by molar-refractivity contribution is 0.965. The van der Waals surface area contributed by atoms with Gasteiger partial charge in [0.15, 0.2) is 0 Å². The third-order valence-corrected chi connectivity index (χ3v) is 1.76. The van der Waals surface area contributed by atoms with Crippen LogP contribution in [0.2, 0.25) is 5.15 Å². The maximum Gasteiger partial charge on any atom is 0.124 e. The van der Waals surface area contributed by atoms with E-state index < -0.39 is 0 Å². The van der Waals surface area contributed by atoms with E-state index in [0.29, 0.717) is 11.1 Å². The van der Waals surface area contributed by atoms with Crippen molar-refractivity contribution in [1.29, 1.82) is 0 Å². The molecule has 0 saturated heterocycles. The number of hydrogen-bond donors (Lipinski definition) is 1. The molecule has 0 amide bonds. The lowest BCUT2D eigenvalue weighted by Crippen LogP contribution is -1.75. The molecule has 0 atom stereocenters. The van der Waals surface area contributed by atoms with E-state index in [4.69, 9.17) is 11.6 Å². The Bertz CT molecular complexity index is 215. The van der Waals surface area contributed by atoms with Crippen LogP contribution in [0.3, 0.4) is 0 Å². The largest absolute Gasteiger partial charge is 0.267 e. The molecule has 1 saturated carbocycles. The average Bonchev–Trinajstić information content (AvgIpc) is 2.58. The minimum Gasteiger partial charge on any atom is -0.267 e. The van der Waals surface area contributed by atoms with E-state index in [2.05, 4.69) is 10.2 Å².